The number of aliphatic hydroxyl groups excluding tert-OH is 1. The van der Waals surface area contributed by atoms with Crippen molar-refractivity contribution in [1.82, 2.24) is 0 Å². The first-order valence-electron chi connectivity index (χ1n) is 12.5. The largest absolute Gasteiger partial charge is 0.497 e. The number of carbonyl (C=O) groups is 1. The van der Waals surface area contributed by atoms with Crippen LogP contribution in [-0.2, 0) is 11.3 Å². The first-order valence-corrected chi connectivity index (χ1v) is 12.5. The Morgan fingerprint density at radius 3 is 2.30 bits per heavy atom. The molecule has 3 aromatic carbocycles. The maximum atomic E-state index is 13.2. The van der Waals surface area contributed by atoms with Crippen LogP contribution in [0.4, 0.5) is 5.69 Å². The van der Waals surface area contributed by atoms with Gasteiger partial charge in [-0.2, -0.15) is 0 Å². The fraction of sp³-hybridized carbons (Fsp3) is 0.267. The highest BCUT2D eigenvalue weighted by Gasteiger charge is 2.25. The number of rotatable bonds is 6. The van der Waals surface area contributed by atoms with Gasteiger partial charge < -0.3 is 38.1 Å². The van der Waals surface area contributed by atoms with Crippen LogP contribution in [0.25, 0.3) is 11.0 Å². The second kappa shape index (κ2) is 12.4. The highest BCUT2D eigenvalue weighted by Crippen LogP contribution is 2.38. The van der Waals surface area contributed by atoms with Crippen molar-refractivity contribution in [2.75, 3.05) is 33.0 Å². The number of hydrogen-bond donors (Lipinski definition) is 1. The highest BCUT2D eigenvalue weighted by atomic mass is 16.5. The molecule has 1 aromatic heterocycles. The molecule has 1 aliphatic heterocycles. The van der Waals surface area contributed by atoms with Gasteiger partial charge in [-0.1, -0.05) is 0 Å². The average molecular weight is 550 g/mol. The van der Waals surface area contributed by atoms with Gasteiger partial charge in [0.15, 0.2) is 6.73 Å². The molecule has 4 aromatic rings. The van der Waals surface area contributed by atoms with Crippen molar-refractivity contribution in [3.05, 3.63) is 82.2 Å². The number of esters is 1. The molecule has 5 rings (SSSR count). The summed E-state index contributed by atoms with van der Waals surface area (Å²) in [6, 6.07) is 15.2. The van der Waals surface area contributed by atoms with Gasteiger partial charge in [0, 0.05) is 12.2 Å². The molecule has 0 unspecified atom stereocenters. The summed E-state index contributed by atoms with van der Waals surface area (Å²) in [5.74, 6) is 1.91. The van der Waals surface area contributed by atoms with E-state index >= 15 is 0 Å². The normalized spacial score (nSPS) is 12.1. The summed E-state index contributed by atoms with van der Waals surface area (Å²) in [7, 11) is 4.50. The number of methoxy groups -OCH3 is 3. The summed E-state index contributed by atoms with van der Waals surface area (Å²) in [6.07, 6.45) is 1.12. The predicted molar refractivity (Wildman–Crippen MR) is 149 cm³/mol. The molecule has 1 aliphatic rings. The minimum absolute atomic E-state index is 0.0266. The Morgan fingerprint density at radius 1 is 0.950 bits per heavy atom. The van der Waals surface area contributed by atoms with Gasteiger partial charge in [0.1, 0.15) is 34.8 Å². The quantitative estimate of drug-likeness (QED) is 0.324. The van der Waals surface area contributed by atoms with Gasteiger partial charge in [0.05, 0.1) is 50.1 Å². The third kappa shape index (κ3) is 6.13. The van der Waals surface area contributed by atoms with E-state index in [4.69, 9.17) is 33.2 Å². The van der Waals surface area contributed by atoms with Crippen LogP contribution in [0.5, 0.6) is 28.7 Å². The third-order valence-electron chi connectivity index (χ3n) is 5.93. The van der Waals surface area contributed by atoms with Crippen molar-refractivity contribution < 1.29 is 38.0 Å². The van der Waals surface area contributed by atoms with Crippen molar-refractivity contribution >= 4 is 22.6 Å². The van der Waals surface area contributed by atoms with Gasteiger partial charge in [0.2, 0.25) is 11.2 Å². The zero-order valence-corrected chi connectivity index (χ0v) is 22.9. The van der Waals surface area contributed by atoms with Crippen LogP contribution >= 0.6 is 0 Å². The summed E-state index contributed by atoms with van der Waals surface area (Å²) in [5, 5.41) is 8.42. The lowest BCUT2D eigenvalue weighted by Gasteiger charge is -2.32. The number of hydrogen-bond acceptors (Lipinski definition) is 10. The lowest BCUT2D eigenvalue weighted by atomic mass is 10.1. The SMILES string of the molecule is CC(C)O.COC(=O)c1ccc(Oc2coc3c4c(ccc3c2=O)OCN(c2ccc(OC)cc2OC)C4)cc1. The molecule has 0 fully saturated rings. The molecular formula is C30H31NO9. The maximum Gasteiger partial charge on any atom is 0.337 e. The van der Waals surface area contributed by atoms with E-state index in [9.17, 15) is 9.59 Å². The van der Waals surface area contributed by atoms with Crippen LogP contribution in [0.1, 0.15) is 29.8 Å². The number of anilines is 1. The Hall–Kier alpha value is -4.70. The second-order valence-electron chi connectivity index (χ2n) is 9.07. The van der Waals surface area contributed by atoms with Crippen LogP contribution in [0.2, 0.25) is 0 Å². The van der Waals surface area contributed by atoms with Crippen molar-refractivity contribution in [2.24, 2.45) is 0 Å². The van der Waals surface area contributed by atoms with E-state index in [1.165, 1.54) is 13.4 Å². The van der Waals surface area contributed by atoms with E-state index in [0.29, 0.717) is 52.8 Å². The molecule has 0 aliphatic carbocycles. The molecule has 10 nitrogen and oxygen atoms in total. The van der Waals surface area contributed by atoms with Crippen LogP contribution < -0.4 is 29.3 Å². The second-order valence-corrected chi connectivity index (χ2v) is 9.07. The molecule has 1 N–H and O–H groups in total. The Morgan fingerprint density at radius 2 is 1.65 bits per heavy atom. The molecule has 0 atom stereocenters. The standard InChI is InChI=1S/C27H23NO8.C3H8O/c1-31-18-8-10-21(23(12-18)32-2)28-13-20-22(35-15-28)11-9-19-25(29)24(14-34-26(19)20)36-17-6-4-16(5-7-17)27(30)33-3;1-3(2)4/h4-12,14H,13,15H2,1-3H3;3-4H,1-2H3. The summed E-state index contributed by atoms with van der Waals surface area (Å²) in [6.45, 7) is 4.18. The lowest BCUT2D eigenvalue weighted by molar-refractivity contribution is 0.0600. The average Bonchev–Trinajstić information content (AvgIpc) is 2.97. The summed E-state index contributed by atoms with van der Waals surface area (Å²) >= 11 is 0. The maximum absolute atomic E-state index is 13.2. The van der Waals surface area contributed by atoms with E-state index in [1.807, 2.05) is 17.0 Å². The Bertz CT molecular complexity index is 1540. The molecule has 10 heteroatoms. The van der Waals surface area contributed by atoms with E-state index in [-0.39, 0.29) is 17.3 Å². The zero-order valence-electron chi connectivity index (χ0n) is 22.9. The van der Waals surface area contributed by atoms with Gasteiger partial charge in [0.25, 0.3) is 0 Å². The van der Waals surface area contributed by atoms with Gasteiger partial charge in [-0.3, -0.25) is 4.79 Å². The Kier molecular flexibility index (Phi) is 8.80. The van der Waals surface area contributed by atoms with E-state index in [2.05, 4.69) is 0 Å². The van der Waals surface area contributed by atoms with Crippen molar-refractivity contribution in [2.45, 2.75) is 26.5 Å². The van der Waals surface area contributed by atoms with Crippen molar-refractivity contribution in [1.29, 1.82) is 0 Å². The topological polar surface area (TPSA) is 117 Å². The molecule has 40 heavy (non-hydrogen) atoms. The van der Waals surface area contributed by atoms with Crippen molar-refractivity contribution in [3.63, 3.8) is 0 Å². The molecule has 0 radical (unpaired) electrons. The third-order valence-corrected chi connectivity index (χ3v) is 5.93. The molecule has 0 spiro atoms. The smallest absolute Gasteiger partial charge is 0.337 e. The first-order chi connectivity index (χ1) is 19.2. The first kappa shape index (κ1) is 28.3. The number of aliphatic hydroxyl groups is 1. The molecule has 0 saturated carbocycles. The fourth-order valence-corrected chi connectivity index (χ4v) is 4.07. The minimum atomic E-state index is -0.458. The summed E-state index contributed by atoms with van der Waals surface area (Å²) < 4.78 is 33.1. The van der Waals surface area contributed by atoms with Crippen LogP contribution in [-0.4, -0.2) is 45.2 Å². The Labute approximate surface area is 231 Å². The van der Waals surface area contributed by atoms with Gasteiger partial charge in [-0.05, 0) is 62.4 Å². The predicted octanol–water partition coefficient (Wildman–Crippen LogP) is 5.13. The van der Waals surface area contributed by atoms with Gasteiger partial charge >= 0.3 is 5.97 Å². The number of fused-ring (bicyclic) bond motifs is 3. The molecule has 2 heterocycles. The number of carbonyl (C=O) groups excluding carboxylic acids is 1. The van der Waals surface area contributed by atoms with Crippen LogP contribution in [0.15, 0.2) is 70.1 Å². The Balaban J connectivity index is 0.000000867. The lowest BCUT2D eigenvalue weighted by Crippen LogP contribution is -2.32. The molecule has 0 saturated heterocycles. The van der Waals surface area contributed by atoms with Gasteiger partial charge in [-0.25, -0.2) is 4.79 Å². The van der Waals surface area contributed by atoms with Crippen LogP contribution in [0.3, 0.4) is 0 Å². The number of benzene rings is 3. The fourth-order valence-electron chi connectivity index (χ4n) is 4.07. The molecule has 210 valence electrons. The molecule has 0 bridgehead atoms. The van der Waals surface area contributed by atoms with E-state index < -0.39 is 5.97 Å². The van der Waals surface area contributed by atoms with E-state index in [0.717, 1.165) is 11.3 Å². The van der Waals surface area contributed by atoms with E-state index in [1.54, 1.807) is 70.5 Å². The minimum Gasteiger partial charge on any atom is -0.497 e. The summed E-state index contributed by atoms with van der Waals surface area (Å²) in [5.41, 5.74) is 2.03. The van der Waals surface area contributed by atoms with Crippen molar-refractivity contribution in [3.8, 4) is 28.7 Å². The zero-order chi connectivity index (χ0) is 28.8. The highest BCUT2D eigenvalue weighted by molar-refractivity contribution is 5.89. The molecular weight excluding hydrogens is 518 g/mol. The molecule has 0 amide bonds. The summed E-state index contributed by atoms with van der Waals surface area (Å²) in [4.78, 5) is 26.8. The number of nitrogens with zero attached hydrogens (tertiary/aromatic N) is 1. The number of ether oxygens (including phenoxy) is 5. The monoisotopic (exact) mass is 549 g/mol. The van der Waals surface area contributed by atoms with Crippen LogP contribution in [0, 0.1) is 0 Å². The van der Waals surface area contributed by atoms with Gasteiger partial charge in [-0.15, -0.1) is 0 Å².